The summed E-state index contributed by atoms with van der Waals surface area (Å²) in [5, 5.41) is 4.52. The van der Waals surface area contributed by atoms with Crippen molar-refractivity contribution < 1.29 is 4.74 Å². The highest BCUT2D eigenvalue weighted by Crippen LogP contribution is 2.32. The van der Waals surface area contributed by atoms with E-state index in [2.05, 4.69) is 19.2 Å². The molecule has 2 nitrogen and oxygen atoms in total. The maximum Gasteiger partial charge on any atom is 0.142 e. The lowest BCUT2D eigenvalue weighted by atomic mass is 10.2. The van der Waals surface area contributed by atoms with Crippen LogP contribution in [0.15, 0.2) is 23.8 Å². The van der Waals surface area contributed by atoms with Gasteiger partial charge >= 0.3 is 0 Å². The largest absolute Gasteiger partial charge is 0.488 e. The molecule has 0 aromatic heterocycles. The Morgan fingerprint density at radius 1 is 1.32 bits per heavy atom. The average Bonchev–Trinajstić information content (AvgIpc) is 2.28. The van der Waals surface area contributed by atoms with Crippen LogP contribution in [-0.2, 0) is 6.54 Å². The normalized spacial score (nSPS) is 10.7. The number of halogens is 2. The van der Waals surface area contributed by atoms with Crippen LogP contribution in [0, 0.1) is 0 Å². The number of allylic oxidation sites excluding steroid dienone is 1. The predicted octanol–water partition coefficient (Wildman–Crippen LogP) is 4.84. The summed E-state index contributed by atoms with van der Waals surface area (Å²) in [6.07, 6.45) is 2.02. The van der Waals surface area contributed by atoms with Crippen molar-refractivity contribution in [1.82, 2.24) is 5.32 Å². The number of hydrogen-bond donors (Lipinski definition) is 1. The van der Waals surface area contributed by atoms with Gasteiger partial charge in [0.15, 0.2) is 0 Å². The van der Waals surface area contributed by atoms with E-state index in [9.17, 15) is 0 Å². The highest BCUT2D eigenvalue weighted by atomic mass is 35.5. The van der Waals surface area contributed by atoms with Gasteiger partial charge in [-0.05, 0) is 32.1 Å². The lowest BCUT2D eigenvalue weighted by Crippen LogP contribution is -2.22. The third-order valence-corrected chi connectivity index (χ3v) is 3.00. The predicted molar refractivity (Wildman–Crippen MR) is 83.4 cm³/mol. The first-order valence-electron chi connectivity index (χ1n) is 6.37. The lowest BCUT2D eigenvalue weighted by molar-refractivity contribution is 0.356. The second-order valence-corrected chi connectivity index (χ2v) is 5.85. The molecule has 19 heavy (non-hydrogen) atoms. The Balaban J connectivity index is 2.89. The molecule has 0 aliphatic rings. The van der Waals surface area contributed by atoms with E-state index in [4.69, 9.17) is 27.9 Å². The van der Waals surface area contributed by atoms with Crippen LogP contribution in [0.4, 0.5) is 0 Å². The second-order valence-electron chi connectivity index (χ2n) is 5.00. The molecule has 0 bridgehead atoms. The van der Waals surface area contributed by atoms with Crippen molar-refractivity contribution >= 4 is 23.2 Å². The van der Waals surface area contributed by atoms with E-state index in [-0.39, 0.29) is 0 Å². The van der Waals surface area contributed by atoms with E-state index in [1.54, 1.807) is 6.07 Å². The Morgan fingerprint density at radius 2 is 2.00 bits per heavy atom. The van der Waals surface area contributed by atoms with Crippen LogP contribution >= 0.6 is 23.2 Å². The van der Waals surface area contributed by atoms with Gasteiger partial charge in [0.05, 0.1) is 5.02 Å². The summed E-state index contributed by atoms with van der Waals surface area (Å²) in [5.41, 5.74) is 2.19. The molecule has 0 radical (unpaired) electrons. The molecule has 0 spiro atoms. The Kier molecular flexibility index (Phi) is 6.70. The quantitative estimate of drug-likeness (QED) is 0.759. The topological polar surface area (TPSA) is 21.3 Å². The van der Waals surface area contributed by atoms with Crippen LogP contribution in [0.1, 0.15) is 33.3 Å². The van der Waals surface area contributed by atoms with E-state index in [0.717, 1.165) is 5.56 Å². The van der Waals surface area contributed by atoms with Crippen LogP contribution in [0.2, 0.25) is 10.0 Å². The molecule has 1 aromatic rings. The van der Waals surface area contributed by atoms with E-state index >= 15 is 0 Å². The summed E-state index contributed by atoms with van der Waals surface area (Å²) in [6, 6.07) is 3.99. The van der Waals surface area contributed by atoms with Gasteiger partial charge in [0.1, 0.15) is 12.4 Å². The van der Waals surface area contributed by atoms with Crippen LogP contribution < -0.4 is 10.1 Å². The van der Waals surface area contributed by atoms with Crippen molar-refractivity contribution in [2.45, 2.75) is 40.3 Å². The minimum atomic E-state index is 0.392. The SMILES string of the molecule is CC(C)=CCOc1c(Cl)cc(Cl)cc1CNC(C)C. The highest BCUT2D eigenvalue weighted by molar-refractivity contribution is 6.35. The zero-order chi connectivity index (χ0) is 14.4. The summed E-state index contributed by atoms with van der Waals surface area (Å²) in [6.45, 7) is 9.45. The zero-order valence-electron chi connectivity index (χ0n) is 11.9. The maximum absolute atomic E-state index is 6.21. The standard InChI is InChI=1S/C15H21Cl2NO/c1-10(2)5-6-19-15-12(9-18-11(3)4)7-13(16)8-14(15)17/h5,7-8,11,18H,6,9H2,1-4H3. The van der Waals surface area contributed by atoms with Crippen molar-refractivity contribution in [2.75, 3.05) is 6.61 Å². The van der Waals surface area contributed by atoms with Crippen molar-refractivity contribution in [2.24, 2.45) is 0 Å². The molecule has 0 heterocycles. The van der Waals surface area contributed by atoms with Crippen molar-refractivity contribution in [3.8, 4) is 5.75 Å². The number of ether oxygens (including phenoxy) is 1. The average molecular weight is 302 g/mol. The third kappa shape index (κ3) is 5.85. The summed E-state index contributed by atoms with van der Waals surface area (Å²) < 4.78 is 5.76. The molecular formula is C15H21Cl2NO. The van der Waals surface area contributed by atoms with Crippen LogP contribution in [-0.4, -0.2) is 12.6 Å². The minimum Gasteiger partial charge on any atom is -0.488 e. The summed E-state index contributed by atoms with van der Waals surface area (Å²) in [5.74, 6) is 0.705. The van der Waals surface area contributed by atoms with Gasteiger partial charge in [-0.2, -0.15) is 0 Å². The lowest BCUT2D eigenvalue weighted by Gasteiger charge is -2.15. The van der Waals surface area contributed by atoms with E-state index in [1.807, 2.05) is 26.0 Å². The minimum absolute atomic E-state index is 0.392. The molecule has 0 atom stereocenters. The first-order valence-corrected chi connectivity index (χ1v) is 7.13. The van der Waals surface area contributed by atoms with Gasteiger partial charge in [-0.15, -0.1) is 0 Å². The molecule has 106 valence electrons. The Labute approximate surface area is 125 Å². The molecule has 0 saturated heterocycles. The number of rotatable bonds is 6. The zero-order valence-corrected chi connectivity index (χ0v) is 13.4. The fourth-order valence-electron chi connectivity index (χ4n) is 1.51. The van der Waals surface area contributed by atoms with Gasteiger partial charge in [0.25, 0.3) is 0 Å². The van der Waals surface area contributed by atoms with Crippen molar-refractivity contribution in [3.05, 3.63) is 39.4 Å². The van der Waals surface area contributed by atoms with Gasteiger partial charge in [-0.3, -0.25) is 0 Å². The first-order chi connectivity index (χ1) is 8.90. The van der Waals surface area contributed by atoms with Gasteiger partial charge in [-0.25, -0.2) is 0 Å². The van der Waals surface area contributed by atoms with Crippen LogP contribution in [0.5, 0.6) is 5.75 Å². The molecule has 0 aliphatic heterocycles. The second kappa shape index (κ2) is 7.78. The first kappa shape index (κ1) is 16.4. The molecule has 1 N–H and O–H groups in total. The Hall–Kier alpha value is -0.700. The molecule has 0 fully saturated rings. The molecule has 0 aliphatic carbocycles. The van der Waals surface area contributed by atoms with E-state index in [1.165, 1.54) is 5.57 Å². The number of nitrogens with one attached hydrogen (secondary N) is 1. The van der Waals surface area contributed by atoms with Crippen LogP contribution in [0.25, 0.3) is 0 Å². The highest BCUT2D eigenvalue weighted by Gasteiger charge is 2.10. The summed E-state index contributed by atoms with van der Waals surface area (Å²) in [4.78, 5) is 0. The van der Waals surface area contributed by atoms with Gasteiger partial charge in [0, 0.05) is 23.2 Å². The molecule has 0 saturated carbocycles. The van der Waals surface area contributed by atoms with Gasteiger partial charge < -0.3 is 10.1 Å². The molecule has 1 aromatic carbocycles. The van der Waals surface area contributed by atoms with Crippen LogP contribution in [0.3, 0.4) is 0 Å². The van der Waals surface area contributed by atoms with Gasteiger partial charge in [-0.1, -0.05) is 42.6 Å². The summed E-state index contributed by atoms with van der Waals surface area (Å²) >= 11 is 12.2. The molecule has 0 unspecified atom stereocenters. The maximum atomic E-state index is 6.21. The Morgan fingerprint density at radius 3 is 2.58 bits per heavy atom. The smallest absolute Gasteiger partial charge is 0.142 e. The van der Waals surface area contributed by atoms with Gasteiger partial charge in [0.2, 0.25) is 0 Å². The fourth-order valence-corrected chi connectivity index (χ4v) is 2.10. The third-order valence-electron chi connectivity index (χ3n) is 2.51. The summed E-state index contributed by atoms with van der Waals surface area (Å²) in [7, 11) is 0. The van der Waals surface area contributed by atoms with Crippen molar-refractivity contribution in [1.29, 1.82) is 0 Å². The molecule has 1 rings (SSSR count). The van der Waals surface area contributed by atoms with E-state index in [0.29, 0.717) is 35.0 Å². The number of hydrogen-bond acceptors (Lipinski definition) is 2. The monoisotopic (exact) mass is 301 g/mol. The van der Waals surface area contributed by atoms with E-state index < -0.39 is 0 Å². The number of benzene rings is 1. The molecule has 0 amide bonds. The molecular weight excluding hydrogens is 281 g/mol. The van der Waals surface area contributed by atoms with Crippen molar-refractivity contribution in [3.63, 3.8) is 0 Å². The Bertz CT molecular complexity index is 452. The molecule has 4 heteroatoms. The fraction of sp³-hybridized carbons (Fsp3) is 0.467.